The molecule has 0 saturated carbocycles. The highest BCUT2D eigenvalue weighted by atomic mass is 32.2. The number of amides is 1. The number of carbonyl (C=O) groups is 1. The van der Waals surface area contributed by atoms with Crippen molar-refractivity contribution in [3.05, 3.63) is 77.2 Å². The van der Waals surface area contributed by atoms with Gasteiger partial charge in [0.2, 0.25) is 10.0 Å². The molecule has 2 atom stereocenters. The minimum absolute atomic E-state index is 0.0294. The Hall–Kier alpha value is -3.38. The molecule has 1 aliphatic heterocycles. The van der Waals surface area contributed by atoms with Crippen LogP contribution in [0.15, 0.2) is 59.8 Å². The molecule has 4 N–H and O–H groups in total. The third kappa shape index (κ3) is 5.24. The zero-order chi connectivity index (χ0) is 26.1. The first kappa shape index (κ1) is 25.7. The van der Waals surface area contributed by atoms with Crippen LogP contribution in [-0.2, 0) is 16.6 Å². The van der Waals surface area contributed by atoms with Crippen LogP contribution in [-0.4, -0.2) is 41.3 Å². The van der Waals surface area contributed by atoms with Gasteiger partial charge in [-0.1, -0.05) is 42.0 Å². The van der Waals surface area contributed by atoms with Crippen LogP contribution in [0.25, 0.3) is 0 Å². The molecule has 3 aromatic rings. The molecule has 0 unspecified atom stereocenters. The lowest BCUT2D eigenvalue weighted by Crippen LogP contribution is -2.44. The molecule has 0 spiro atoms. The van der Waals surface area contributed by atoms with E-state index < -0.39 is 40.5 Å². The standard InChI is InChI=1S/C24H26F3N5O3S/c1-15-6-8-18(9-7-15)36(34,35)32-11-10-17(24(25,26)27)12-20(32)19-5-3-2-4-16(19)13-29-23-21(22(28)33)30-14-31-23/h2-9,14,17,20,29H,10-13H2,1H3,(H2,28,33)(H,30,31)/t17-,20+/m0/s1. The van der Waals surface area contributed by atoms with Crippen LogP contribution in [0.1, 0.15) is 46.1 Å². The molecule has 0 aliphatic carbocycles. The van der Waals surface area contributed by atoms with Crippen LogP contribution in [0.3, 0.4) is 0 Å². The van der Waals surface area contributed by atoms with Gasteiger partial charge in [-0.15, -0.1) is 0 Å². The number of aromatic amines is 1. The van der Waals surface area contributed by atoms with Crippen LogP contribution in [0, 0.1) is 12.8 Å². The zero-order valence-corrected chi connectivity index (χ0v) is 20.2. The second kappa shape index (κ2) is 9.94. The van der Waals surface area contributed by atoms with Gasteiger partial charge in [0.15, 0.2) is 5.82 Å². The number of carbonyl (C=O) groups excluding carboxylic acids is 1. The SMILES string of the molecule is Cc1ccc(S(=O)(=O)N2CC[C@H](C(F)(F)F)C[C@@H]2c2ccccc2CNc2nc[nH]c2C(N)=O)cc1. The van der Waals surface area contributed by atoms with E-state index in [1.54, 1.807) is 36.4 Å². The molecule has 192 valence electrons. The molecule has 4 rings (SSSR count). The van der Waals surface area contributed by atoms with Gasteiger partial charge in [0.25, 0.3) is 5.91 Å². The molecule has 2 aromatic carbocycles. The predicted octanol–water partition coefficient (Wildman–Crippen LogP) is 4.13. The van der Waals surface area contributed by atoms with Gasteiger partial charge in [0.05, 0.1) is 23.2 Å². The molecule has 36 heavy (non-hydrogen) atoms. The number of aromatic nitrogens is 2. The number of hydrogen-bond acceptors (Lipinski definition) is 5. The molecule has 1 aromatic heterocycles. The molecule has 1 fully saturated rings. The Kier molecular flexibility index (Phi) is 7.10. The van der Waals surface area contributed by atoms with Crippen LogP contribution in [0.4, 0.5) is 19.0 Å². The average Bonchev–Trinajstić information content (AvgIpc) is 3.31. The molecule has 12 heteroatoms. The number of halogens is 3. The second-order valence-corrected chi connectivity index (χ2v) is 10.6. The van der Waals surface area contributed by atoms with Crippen LogP contribution in [0.2, 0.25) is 0 Å². The molecule has 1 amide bonds. The van der Waals surface area contributed by atoms with Gasteiger partial charge in [-0.05, 0) is 43.0 Å². The van der Waals surface area contributed by atoms with E-state index >= 15 is 0 Å². The average molecular weight is 522 g/mol. The third-order valence-electron chi connectivity index (χ3n) is 6.39. The highest BCUT2D eigenvalue weighted by molar-refractivity contribution is 7.89. The van der Waals surface area contributed by atoms with Crippen molar-refractivity contribution in [3.8, 4) is 0 Å². The Morgan fingerprint density at radius 3 is 2.56 bits per heavy atom. The fourth-order valence-electron chi connectivity index (χ4n) is 4.47. The van der Waals surface area contributed by atoms with Crippen molar-refractivity contribution in [2.24, 2.45) is 11.7 Å². The summed E-state index contributed by atoms with van der Waals surface area (Å²) in [5, 5.41) is 2.97. The number of primary amides is 1. The Balaban J connectivity index is 1.71. The van der Waals surface area contributed by atoms with Crippen LogP contribution < -0.4 is 11.1 Å². The van der Waals surface area contributed by atoms with E-state index in [-0.39, 0.29) is 35.9 Å². The van der Waals surface area contributed by atoms with E-state index in [9.17, 15) is 26.4 Å². The number of H-pyrrole nitrogens is 1. The fourth-order valence-corrected chi connectivity index (χ4v) is 6.10. The molecule has 0 radical (unpaired) electrons. The molecule has 2 heterocycles. The first-order valence-corrected chi connectivity index (χ1v) is 12.7. The number of rotatable bonds is 7. The lowest BCUT2D eigenvalue weighted by molar-refractivity contribution is -0.187. The van der Waals surface area contributed by atoms with E-state index in [4.69, 9.17) is 5.73 Å². The smallest absolute Gasteiger partial charge is 0.364 e. The molecule has 1 saturated heterocycles. The van der Waals surface area contributed by atoms with Crippen molar-refractivity contribution in [2.45, 2.75) is 43.4 Å². The number of anilines is 1. The number of aryl methyl sites for hydroxylation is 1. The number of hydrogen-bond donors (Lipinski definition) is 3. The van der Waals surface area contributed by atoms with Crippen molar-refractivity contribution < 1.29 is 26.4 Å². The third-order valence-corrected chi connectivity index (χ3v) is 8.31. The van der Waals surface area contributed by atoms with E-state index in [0.29, 0.717) is 11.1 Å². The monoisotopic (exact) mass is 521 g/mol. The number of nitrogens with two attached hydrogens (primary N) is 1. The Morgan fingerprint density at radius 2 is 1.89 bits per heavy atom. The van der Waals surface area contributed by atoms with Crippen LogP contribution in [0.5, 0.6) is 0 Å². The van der Waals surface area contributed by atoms with Gasteiger partial charge in [-0.25, -0.2) is 13.4 Å². The summed E-state index contributed by atoms with van der Waals surface area (Å²) in [6.07, 6.45) is -3.88. The summed E-state index contributed by atoms with van der Waals surface area (Å²) in [4.78, 5) is 18.3. The van der Waals surface area contributed by atoms with E-state index in [0.717, 1.165) is 5.56 Å². The maximum atomic E-state index is 13.7. The molecule has 0 bridgehead atoms. The summed E-state index contributed by atoms with van der Waals surface area (Å²) in [5.74, 6) is -2.17. The number of piperidine rings is 1. The number of sulfonamides is 1. The number of nitrogens with one attached hydrogen (secondary N) is 2. The summed E-state index contributed by atoms with van der Waals surface area (Å²) < 4.78 is 69.5. The summed E-state index contributed by atoms with van der Waals surface area (Å²) >= 11 is 0. The Morgan fingerprint density at radius 1 is 1.19 bits per heavy atom. The fraction of sp³-hybridized carbons (Fsp3) is 0.333. The van der Waals surface area contributed by atoms with E-state index in [1.807, 2.05) is 6.92 Å². The van der Waals surface area contributed by atoms with Crippen molar-refractivity contribution in [1.29, 1.82) is 0 Å². The lowest BCUT2D eigenvalue weighted by atomic mass is 9.86. The first-order chi connectivity index (χ1) is 17.0. The Labute approximate surface area is 206 Å². The van der Waals surface area contributed by atoms with Gasteiger partial charge in [-0.3, -0.25) is 4.79 Å². The zero-order valence-electron chi connectivity index (χ0n) is 19.4. The van der Waals surface area contributed by atoms with Gasteiger partial charge in [0, 0.05) is 13.1 Å². The number of alkyl halides is 3. The van der Waals surface area contributed by atoms with Gasteiger partial charge < -0.3 is 16.0 Å². The largest absolute Gasteiger partial charge is 0.391 e. The lowest BCUT2D eigenvalue weighted by Gasteiger charge is -2.40. The number of nitrogens with zero attached hydrogens (tertiary/aromatic N) is 2. The maximum absolute atomic E-state index is 13.7. The van der Waals surface area contributed by atoms with Crippen LogP contribution >= 0.6 is 0 Å². The normalized spacial score (nSPS) is 19.2. The van der Waals surface area contributed by atoms with E-state index in [2.05, 4.69) is 15.3 Å². The maximum Gasteiger partial charge on any atom is 0.391 e. The summed E-state index contributed by atoms with van der Waals surface area (Å²) in [6, 6.07) is 11.9. The summed E-state index contributed by atoms with van der Waals surface area (Å²) in [7, 11) is -4.07. The van der Waals surface area contributed by atoms with Gasteiger partial charge in [0.1, 0.15) is 5.69 Å². The first-order valence-electron chi connectivity index (χ1n) is 11.3. The highest BCUT2D eigenvalue weighted by Crippen LogP contribution is 2.45. The highest BCUT2D eigenvalue weighted by Gasteiger charge is 2.47. The van der Waals surface area contributed by atoms with Crippen molar-refractivity contribution in [1.82, 2.24) is 14.3 Å². The minimum Gasteiger partial charge on any atom is -0.364 e. The van der Waals surface area contributed by atoms with Crippen molar-refractivity contribution in [2.75, 3.05) is 11.9 Å². The minimum atomic E-state index is -4.45. The molecular formula is C24H26F3N5O3S. The second-order valence-electron chi connectivity index (χ2n) is 8.75. The van der Waals surface area contributed by atoms with Gasteiger partial charge >= 0.3 is 6.18 Å². The van der Waals surface area contributed by atoms with Crippen molar-refractivity contribution in [3.63, 3.8) is 0 Å². The topological polar surface area (TPSA) is 121 Å². The number of imidazole rings is 1. The molecule has 1 aliphatic rings. The molecule has 8 nitrogen and oxygen atoms in total. The Bertz CT molecular complexity index is 1340. The van der Waals surface area contributed by atoms with Gasteiger partial charge in [-0.2, -0.15) is 17.5 Å². The molecular weight excluding hydrogens is 495 g/mol. The number of benzene rings is 2. The predicted molar refractivity (Wildman–Crippen MR) is 127 cm³/mol. The van der Waals surface area contributed by atoms with E-state index in [1.165, 1.54) is 22.8 Å². The van der Waals surface area contributed by atoms with Crippen molar-refractivity contribution >= 4 is 21.7 Å². The summed E-state index contributed by atoms with van der Waals surface area (Å²) in [6.45, 7) is 1.64. The summed E-state index contributed by atoms with van der Waals surface area (Å²) in [5.41, 5.74) is 7.29. The quantitative estimate of drug-likeness (QED) is 0.432.